The minimum atomic E-state index is -0.0265. The number of methoxy groups -OCH3 is 1. The topological polar surface area (TPSA) is 34.1 Å². The number of halogens is 1. The average Bonchev–Trinajstić information content (AvgIpc) is 2.17. The van der Waals surface area contributed by atoms with Crippen LogP contribution in [0.15, 0.2) is 18.3 Å². The van der Waals surface area contributed by atoms with Gasteiger partial charge < -0.3 is 10.1 Å². The van der Waals surface area contributed by atoms with Gasteiger partial charge >= 0.3 is 0 Å². The Hall–Kier alpha value is -0.800. The van der Waals surface area contributed by atoms with Crippen LogP contribution in [0.3, 0.4) is 0 Å². The van der Waals surface area contributed by atoms with E-state index >= 15 is 0 Å². The molecule has 1 rings (SSSR count). The summed E-state index contributed by atoms with van der Waals surface area (Å²) in [6.45, 7) is 3.21. The quantitative estimate of drug-likeness (QED) is 0.762. The lowest BCUT2D eigenvalue weighted by atomic mass is 10.3. The van der Waals surface area contributed by atoms with Crippen molar-refractivity contribution in [3.05, 3.63) is 23.9 Å². The fraction of sp³-hybridized carbons (Fsp3) is 0.500. The molecule has 0 fully saturated rings. The van der Waals surface area contributed by atoms with Crippen LogP contribution in [0.25, 0.3) is 0 Å². The van der Waals surface area contributed by atoms with Crippen LogP contribution in [0.5, 0.6) is 0 Å². The SMILES string of the molecule is COCC(Cl)CNc1ncccc1C. The van der Waals surface area contributed by atoms with E-state index in [1.165, 1.54) is 0 Å². The minimum absolute atomic E-state index is 0.0265. The molecule has 14 heavy (non-hydrogen) atoms. The van der Waals surface area contributed by atoms with Crippen LogP contribution in [-0.4, -0.2) is 30.6 Å². The Morgan fingerprint density at radius 2 is 2.43 bits per heavy atom. The molecule has 0 aliphatic rings. The van der Waals surface area contributed by atoms with Crippen LogP contribution in [0, 0.1) is 6.92 Å². The van der Waals surface area contributed by atoms with Gasteiger partial charge in [0.1, 0.15) is 5.82 Å². The van der Waals surface area contributed by atoms with Crippen LogP contribution >= 0.6 is 11.6 Å². The molecule has 0 radical (unpaired) electrons. The summed E-state index contributed by atoms with van der Waals surface area (Å²) in [5.74, 6) is 0.884. The molecule has 0 saturated heterocycles. The molecule has 0 bridgehead atoms. The third kappa shape index (κ3) is 3.52. The second-order valence-corrected chi connectivity index (χ2v) is 3.72. The molecule has 0 amide bonds. The van der Waals surface area contributed by atoms with Gasteiger partial charge in [-0.25, -0.2) is 4.98 Å². The molecule has 1 atom stereocenters. The maximum absolute atomic E-state index is 5.97. The molecule has 0 saturated carbocycles. The van der Waals surface area contributed by atoms with Gasteiger partial charge in [0.05, 0.1) is 12.0 Å². The fourth-order valence-corrected chi connectivity index (χ4v) is 1.32. The lowest BCUT2D eigenvalue weighted by Crippen LogP contribution is -2.19. The molecule has 1 unspecified atom stereocenters. The maximum Gasteiger partial charge on any atom is 0.128 e. The highest BCUT2D eigenvalue weighted by atomic mass is 35.5. The fourth-order valence-electron chi connectivity index (χ4n) is 1.12. The Balaban J connectivity index is 2.41. The molecule has 0 spiro atoms. The Morgan fingerprint density at radius 1 is 1.64 bits per heavy atom. The zero-order chi connectivity index (χ0) is 10.4. The first-order valence-electron chi connectivity index (χ1n) is 4.52. The lowest BCUT2D eigenvalue weighted by Gasteiger charge is -2.11. The van der Waals surface area contributed by atoms with Gasteiger partial charge in [-0.15, -0.1) is 11.6 Å². The van der Waals surface area contributed by atoms with Crippen LogP contribution in [0.4, 0.5) is 5.82 Å². The second-order valence-electron chi connectivity index (χ2n) is 3.10. The van der Waals surface area contributed by atoms with Crippen molar-refractivity contribution in [2.45, 2.75) is 12.3 Å². The van der Waals surface area contributed by atoms with Gasteiger partial charge in [0, 0.05) is 19.9 Å². The van der Waals surface area contributed by atoms with Crippen molar-refractivity contribution in [3.63, 3.8) is 0 Å². The van der Waals surface area contributed by atoms with Crippen molar-refractivity contribution in [3.8, 4) is 0 Å². The number of hydrogen-bond acceptors (Lipinski definition) is 3. The van der Waals surface area contributed by atoms with Gasteiger partial charge in [-0.3, -0.25) is 0 Å². The molecule has 0 aliphatic heterocycles. The summed E-state index contributed by atoms with van der Waals surface area (Å²) in [7, 11) is 1.64. The van der Waals surface area contributed by atoms with Crippen molar-refractivity contribution in [2.75, 3.05) is 25.6 Å². The predicted molar refractivity (Wildman–Crippen MR) is 59.0 cm³/mol. The Kier molecular flexibility index (Phi) is 4.70. The first-order chi connectivity index (χ1) is 6.74. The number of aromatic nitrogens is 1. The normalized spacial score (nSPS) is 12.5. The molecule has 0 aliphatic carbocycles. The van der Waals surface area contributed by atoms with E-state index in [0.717, 1.165) is 11.4 Å². The summed E-state index contributed by atoms with van der Waals surface area (Å²) < 4.78 is 4.93. The molecule has 3 nitrogen and oxygen atoms in total. The third-order valence-corrected chi connectivity index (χ3v) is 2.13. The number of nitrogens with zero attached hydrogens (tertiary/aromatic N) is 1. The largest absolute Gasteiger partial charge is 0.383 e. The smallest absolute Gasteiger partial charge is 0.128 e. The molecule has 1 aromatic heterocycles. The first-order valence-corrected chi connectivity index (χ1v) is 4.96. The summed E-state index contributed by atoms with van der Waals surface area (Å²) >= 11 is 5.97. The average molecular weight is 215 g/mol. The predicted octanol–water partition coefficient (Wildman–Crippen LogP) is 2.06. The highest BCUT2D eigenvalue weighted by Crippen LogP contribution is 2.09. The van der Waals surface area contributed by atoms with Crippen molar-refractivity contribution in [1.29, 1.82) is 0 Å². The van der Waals surface area contributed by atoms with E-state index in [0.29, 0.717) is 13.2 Å². The number of nitrogens with one attached hydrogen (secondary N) is 1. The molecule has 78 valence electrons. The summed E-state index contributed by atoms with van der Waals surface area (Å²) in [6, 6.07) is 3.92. The first kappa shape index (κ1) is 11.3. The molecule has 1 N–H and O–H groups in total. The van der Waals surface area contributed by atoms with E-state index in [-0.39, 0.29) is 5.38 Å². The minimum Gasteiger partial charge on any atom is -0.383 e. The summed E-state index contributed by atoms with van der Waals surface area (Å²) in [5, 5.41) is 3.15. The van der Waals surface area contributed by atoms with E-state index in [2.05, 4.69) is 10.3 Å². The number of anilines is 1. The highest BCUT2D eigenvalue weighted by molar-refractivity contribution is 6.21. The molecule has 1 aromatic rings. The molecular weight excluding hydrogens is 200 g/mol. The van der Waals surface area contributed by atoms with Crippen molar-refractivity contribution in [1.82, 2.24) is 4.98 Å². The number of alkyl halides is 1. The standard InChI is InChI=1S/C10H15ClN2O/c1-8-4-3-5-12-10(8)13-6-9(11)7-14-2/h3-5,9H,6-7H2,1-2H3,(H,12,13). The van der Waals surface area contributed by atoms with E-state index in [9.17, 15) is 0 Å². The number of pyridine rings is 1. The summed E-state index contributed by atoms with van der Waals surface area (Å²) in [5.41, 5.74) is 1.12. The monoisotopic (exact) mass is 214 g/mol. The number of aryl methyl sites for hydroxylation is 1. The van der Waals surface area contributed by atoms with Crippen LogP contribution in [0.1, 0.15) is 5.56 Å². The van der Waals surface area contributed by atoms with Gasteiger partial charge in [-0.1, -0.05) is 6.07 Å². The molecular formula is C10H15ClN2O. The zero-order valence-corrected chi connectivity index (χ0v) is 9.21. The second kappa shape index (κ2) is 5.83. The van der Waals surface area contributed by atoms with E-state index in [1.807, 2.05) is 19.1 Å². The Labute approximate surface area is 89.4 Å². The number of ether oxygens (including phenoxy) is 1. The van der Waals surface area contributed by atoms with Crippen molar-refractivity contribution < 1.29 is 4.74 Å². The Morgan fingerprint density at radius 3 is 3.07 bits per heavy atom. The van der Waals surface area contributed by atoms with Gasteiger partial charge in [-0.05, 0) is 18.6 Å². The molecule has 0 aromatic carbocycles. The summed E-state index contributed by atoms with van der Waals surface area (Å²) in [4.78, 5) is 4.20. The van der Waals surface area contributed by atoms with Gasteiger partial charge in [-0.2, -0.15) is 0 Å². The van der Waals surface area contributed by atoms with Crippen LogP contribution in [0.2, 0.25) is 0 Å². The zero-order valence-electron chi connectivity index (χ0n) is 8.46. The van der Waals surface area contributed by atoms with Gasteiger partial charge in [0.15, 0.2) is 0 Å². The number of hydrogen-bond donors (Lipinski definition) is 1. The van der Waals surface area contributed by atoms with E-state index in [1.54, 1.807) is 13.3 Å². The number of rotatable bonds is 5. The van der Waals surface area contributed by atoms with Crippen molar-refractivity contribution >= 4 is 17.4 Å². The molecule has 1 heterocycles. The lowest BCUT2D eigenvalue weighted by molar-refractivity contribution is 0.200. The Bertz CT molecular complexity index is 281. The summed E-state index contributed by atoms with van der Waals surface area (Å²) in [6.07, 6.45) is 1.76. The van der Waals surface area contributed by atoms with E-state index in [4.69, 9.17) is 16.3 Å². The van der Waals surface area contributed by atoms with Gasteiger partial charge in [0.25, 0.3) is 0 Å². The van der Waals surface area contributed by atoms with E-state index < -0.39 is 0 Å². The third-order valence-electron chi connectivity index (χ3n) is 1.85. The highest BCUT2D eigenvalue weighted by Gasteiger charge is 2.04. The van der Waals surface area contributed by atoms with Crippen LogP contribution in [-0.2, 0) is 4.74 Å². The van der Waals surface area contributed by atoms with Crippen molar-refractivity contribution in [2.24, 2.45) is 0 Å². The molecule has 4 heteroatoms. The maximum atomic E-state index is 5.97. The van der Waals surface area contributed by atoms with Gasteiger partial charge in [0.2, 0.25) is 0 Å². The van der Waals surface area contributed by atoms with Crippen LogP contribution < -0.4 is 5.32 Å².